The molecular formula is C68H116NO8+. The second-order valence-corrected chi connectivity index (χ2v) is 21.6. The minimum atomic E-state index is -1.52. The molecule has 0 aliphatic rings. The normalized spacial score (nSPS) is 13.5. The lowest BCUT2D eigenvalue weighted by atomic mass is 10.0. The summed E-state index contributed by atoms with van der Waals surface area (Å²) in [6.07, 6.45) is 77.6. The van der Waals surface area contributed by atoms with E-state index in [9.17, 15) is 19.5 Å². The van der Waals surface area contributed by atoms with Crippen molar-refractivity contribution in [1.82, 2.24) is 0 Å². The molecule has 77 heavy (non-hydrogen) atoms. The van der Waals surface area contributed by atoms with Crippen LogP contribution >= 0.6 is 0 Å². The van der Waals surface area contributed by atoms with E-state index >= 15 is 0 Å². The zero-order valence-corrected chi connectivity index (χ0v) is 50.1. The Balaban J connectivity index is 4.07. The van der Waals surface area contributed by atoms with E-state index in [1.54, 1.807) is 0 Å². The number of carbonyl (C=O) groups is 3. The largest absolute Gasteiger partial charge is 0.477 e. The molecule has 0 saturated carbocycles. The van der Waals surface area contributed by atoms with E-state index in [2.05, 4.69) is 123 Å². The molecule has 2 atom stereocenters. The third-order valence-corrected chi connectivity index (χ3v) is 13.0. The van der Waals surface area contributed by atoms with E-state index in [0.717, 1.165) is 109 Å². The Morgan fingerprint density at radius 2 is 0.740 bits per heavy atom. The van der Waals surface area contributed by atoms with Gasteiger partial charge in [0.1, 0.15) is 13.2 Å². The van der Waals surface area contributed by atoms with Crippen molar-refractivity contribution in [2.45, 2.75) is 257 Å². The van der Waals surface area contributed by atoms with Crippen LogP contribution in [-0.4, -0.2) is 87.4 Å². The van der Waals surface area contributed by atoms with Gasteiger partial charge in [0.25, 0.3) is 6.29 Å². The molecule has 1 N–H and O–H groups in total. The van der Waals surface area contributed by atoms with Crippen molar-refractivity contribution in [3.63, 3.8) is 0 Å². The molecule has 2 unspecified atom stereocenters. The minimum Gasteiger partial charge on any atom is -0.477 e. The van der Waals surface area contributed by atoms with Crippen LogP contribution in [0.25, 0.3) is 0 Å². The Morgan fingerprint density at radius 1 is 0.403 bits per heavy atom. The molecule has 0 fully saturated rings. The first-order valence-corrected chi connectivity index (χ1v) is 31.1. The average Bonchev–Trinajstić information content (AvgIpc) is 3.40. The summed E-state index contributed by atoms with van der Waals surface area (Å²) in [6.45, 7) is 4.73. The number of carboxylic acid groups (broad SMARTS) is 1. The highest BCUT2D eigenvalue weighted by Gasteiger charge is 2.25. The summed E-state index contributed by atoms with van der Waals surface area (Å²) in [4.78, 5) is 37.4. The number of hydrogen-bond donors (Lipinski definition) is 1. The van der Waals surface area contributed by atoms with Crippen molar-refractivity contribution < 1.29 is 42.9 Å². The second-order valence-electron chi connectivity index (χ2n) is 21.6. The lowest BCUT2D eigenvalue weighted by Crippen LogP contribution is -2.40. The number of allylic oxidation sites excluding steroid dienone is 18. The van der Waals surface area contributed by atoms with Gasteiger partial charge >= 0.3 is 17.9 Å². The number of hydrogen-bond acceptors (Lipinski definition) is 7. The fourth-order valence-corrected chi connectivity index (χ4v) is 8.26. The Morgan fingerprint density at radius 3 is 1.12 bits per heavy atom. The molecule has 440 valence electrons. The van der Waals surface area contributed by atoms with E-state index in [4.69, 9.17) is 18.9 Å². The van der Waals surface area contributed by atoms with Crippen molar-refractivity contribution in [2.75, 3.05) is 47.5 Å². The predicted octanol–water partition coefficient (Wildman–Crippen LogP) is 18.7. The molecule has 0 aliphatic carbocycles. The number of esters is 2. The summed E-state index contributed by atoms with van der Waals surface area (Å²) < 4.78 is 22.8. The Bertz CT molecular complexity index is 1630. The first-order chi connectivity index (χ1) is 37.6. The van der Waals surface area contributed by atoms with Gasteiger partial charge in [0.2, 0.25) is 0 Å². The fraction of sp³-hybridized carbons (Fsp3) is 0.691. The number of aliphatic carboxylic acids is 1. The number of nitrogens with zero attached hydrogens (tertiary/aromatic N) is 1. The first-order valence-electron chi connectivity index (χ1n) is 31.1. The summed E-state index contributed by atoms with van der Waals surface area (Å²) in [5, 5.41) is 9.69. The van der Waals surface area contributed by atoms with Crippen molar-refractivity contribution in [1.29, 1.82) is 0 Å². The average molecular weight is 1080 g/mol. The number of unbranched alkanes of at least 4 members (excludes halogenated alkanes) is 23. The van der Waals surface area contributed by atoms with Crippen LogP contribution in [0.3, 0.4) is 0 Å². The summed E-state index contributed by atoms with van der Waals surface area (Å²) in [7, 11) is 5.96. The van der Waals surface area contributed by atoms with Gasteiger partial charge in [-0.3, -0.25) is 9.59 Å². The van der Waals surface area contributed by atoms with Crippen LogP contribution in [0.4, 0.5) is 0 Å². The maximum absolute atomic E-state index is 12.9. The summed E-state index contributed by atoms with van der Waals surface area (Å²) >= 11 is 0. The van der Waals surface area contributed by atoms with Gasteiger partial charge in [-0.25, -0.2) is 4.79 Å². The molecule has 0 amide bonds. The molecule has 0 heterocycles. The highest BCUT2D eigenvalue weighted by molar-refractivity contribution is 5.71. The lowest BCUT2D eigenvalue weighted by Gasteiger charge is -2.25. The highest BCUT2D eigenvalue weighted by atomic mass is 16.7. The third-order valence-electron chi connectivity index (χ3n) is 13.0. The molecule has 9 nitrogen and oxygen atoms in total. The van der Waals surface area contributed by atoms with Crippen LogP contribution in [0.1, 0.15) is 245 Å². The zero-order valence-electron chi connectivity index (χ0n) is 50.1. The molecule has 0 spiro atoms. The topological polar surface area (TPSA) is 108 Å². The van der Waals surface area contributed by atoms with Crippen LogP contribution in [0.5, 0.6) is 0 Å². The van der Waals surface area contributed by atoms with Crippen molar-refractivity contribution in [3.05, 3.63) is 109 Å². The molecule has 0 aromatic rings. The van der Waals surface area contributed by atoms with Gasteiger partial charge in [-0.1, -0.05) is 239 Å². The molecular weight excluding hydrogens is 959 g/mol. The quantitative estimate of drug-likeness (QED) is 0.0211. The van der Waals surface area contributed by atoms with Crippen LogP contribution in [0, 0.1) is 0 Å². The fourth-order valence-electron chi connectivity index (χ4n) is 8.26. The highest BCUT2D eigenvalue weighted by Crippen LogP contribution is 2.16. The van der Waals surface area contributed by atoms with E-state index in [0.29, 0.717) is 17.4 Å². The molecule has 0 saturated heterocycles. The van der Waals surface area contributed by atoms with Crippen molar-refractivity contribution >= 4 is 17.9 Å². The molecule has 0 aromatic carbocycles. The number of rotatable bonds is 56. The summed E-state index contributed by atoms with van der Waals surface area (Å²) in [5.74, 6) is -2.02. The Hall–Kier alpha value is -4.05. The van der Waals surface area contributed by atoms with Gasteiger partial charge in [-0.05, 0) is 103 Å². The van der Waals surface area contributed by atoms with Crippen LogP contribution < -0.4 is 0 Å². The SMILES string of the molecule is CC/C=C\C/C=C\C/C=C\C/C=C\C/C=C\C/C=C\C/C=C\C/C=C\CCCCCCCCCCCCCCCCC(=O)OC(COC(=O)CCCCCCC/C=C\CCCCCC)COC(OCC[N+](C)(C)C)C(=O)O. The zero-order chi connectivity index (χ0) is 56.2. The van der Waals surface area contributed by atoms with Gasteiger partial charge in [0, 0.05) is 12.8 Å². The molecule has 0 aliphatic heterocycles. The van der Waals surface area contributed by atoms with E-state index in [1.807, 2.05) is 21.1 Å². The standard InChI is InChI=1S/C68H115NO8/c1-6-8-10-12-14-16-18-20-21-22-23-24-25-26-27-28-29-30-31-32-33-34-35-36-37-38-39-40-41-42-43-44-45-47-49-51-53-55-57-59-66(71)77-64(63-76-68(67(72)73)74-61-60-69(3,4)5)62-75-65(70)58-56-54-52-50-48-46-19-17-15-13-11-9-7-2/h8,10,14,16-17,19-21,23-24,26-27,29-30,32-33,35-36,64,68H,6-7,9,11-13,15,18,22,25,28,31,34,37-63H2,1-5H3/p+1/b10-8-,16-14-,19-17-,21-20-,24-23-,27-26-,30-29-,33-32-,36-35-. The molecule has 0 rings (SSSR count). The van der Waals surface area contributed by atoms with Crippen LogP contribution in [0.2, 0.25) is 0 Å². The number of ether oxygens (including phenoxy) is 4. The lowest BCUT2D eigenvalue weighted by molar-refractivity contribution is -0.870. The maximum Gasteiger partial charge on any atom is 0.361 e. The third kappa shape index (κ3) is 59.5. The smallest absolute Gasteiger partial charge is 0.361 e. The molecule has 0 bridgehead atoms. The summed E-state index contributed by atoms with van der Waals surface area (Å²) in [5.41, 5.74) is 0. The molecule has 0 aromatic heterocycles. The van der Waals surface area contributed by atoms with Gasteiger partial charge < -0.3 is 28.5 Å². The van der Waals surface area contributed by atoms with Crippen molar-refractivity contribution in [3.8, 4) is 0 Å². The van der Waals surface area contributed by atoms with Crippen LogP contribution in [-0.2, 0) is 33.3 Å². The predicted molar refractivity (Wildman–Crippen MR) is 327 cm³/mol. The number of carboxylic acids is 1. The molecule has 0 radical (unpaired) electrons. The van der Waals surface area contributed by atoms with Crippen molar-refractivity contribution in [2.24, 2.45) is 0 Å². The Kier molecular flexibility index (Phi) is 55.1. The molecule has 9 heteroatoms. The van der Waals surface area contributed by atoms with Gasteiger partial charge in [0.05, 0.1) is 34.4 Å². The van der Waals surface area contributed by atoms with Gasteiger partial charge in [0.15, 0.2) is 6.10 Å². The second kappa shape index (κ2) is 58.1. The maximum atomic E-state index is 12.9. The van der Waals surface area contributed by atoms with Gasteiger partial charge in [-0.2, -0.15) is 0 Å². The monoisotopic (exact) mass is 1070 g/mol. The van der Waals surface area contributed by atoms with E-state index in [-0.39, 0.29) is 38.6 Å². The number of likely N-dealkylation sites (N-methyl/N-ethyl adjacent to an activating group) is 1. The first kappa shape index (κ1) is 73.0. The minimum absolute atomic E-state index is 0.183. The van der Waals surface area contributed by atoms with E-state index < -0.39 is 24.3 Å². The number of quaternary nitrogens is 1. The van der Waals surface area contributed by atoms with Crippen LogP contribution in [0.15, 0.2) is 109 Å². The Labute approximate surface area is 473 Å². The number of carbonyl (C=O) groups excluding carboxylic acids is 2. The van der Waals surface area contributed by atoms with Gasteiger partial charge in [-0.15, -0.1) is 0 Å². The summed E-state index contributed by atoms with van der Waals surface area (Å²) in [6, 6.07) is 0. The van der Waals surface area contributed by atoms with E-state index in [1.165, 1.54) is 103 Å².